The highest BCUT2D eigenvalue weighted by Crippen LogP contribution is 2.26. The first-order valence-electron chi connectivity index (χ1n) is 9.39. The number of aromatic amines is 1. The lowest BCUT2D eigenvalue weighted by Gasteiger charge is -2.06. The summed E-state index contributed by atoms with van der Waals surface area (Å²) >= 11 is 0. The van der Waals surface area contributed by atoms with E-state index in [-0.39, 0.29) is 0 Å². The van der Waals surface area contributed by atoms with E-state index >= 15 is 0 Å². The second-order valence-electron chi connectivity index (χ2n) is 6.87. The van der Waals surface area contributed by atoms with Gasteiger partial charge in [0.1, 0.15) is 17.2 Å². The number of methoxy groups -OCH3 is 1. The Kier molecular flexibility index (Phi) is 4.13. The van der Waals surface area contributed by atoms with Crippen LogP contribution < -0.4 is 10.3 Å². The van der Waals surface area contributed by atoms with Gasteiger partial charge in [-0.2, -0.15) is 0 Å². The van der Waals surface area contributed by atoms with Gasteiger partial charge in [-0.25, -0.2) is 9.98 Å². The molecular weight excluding hydrogens is 362 g/mol. The number of para-hydroxylation sites is 3. The predicted octanol–water partition coefficient (Wildman–Crippen LogP) is 5.53. The molecule has 0 aliphatic heterocycles. The molecule has 3 aromatic carbocycles. The minimum atomic E-state index is 0.510. The quantitative estimate of drug-likeness (QED) is 0.447. The fourth-order valence-electron chi connectivity index (χ4n) is 3.37. The molecule has 0 fully saturated rings. The van der Waals surface area contributed by atoms with Crippen molar-refractivity contribution in [3.63, 3.8) is 0 Å². The molecule has 0 aliphatic rings. The highest BCUT2D eigenvalue weighted by molar-refractivity contribution is 5.84. The zero-order chi connectivity index (χ0) is 19.8. The van der Waals surface area contributed by atoms with Gasteiger partial charge in [0.2, 0.25) is 5.55 Å². The molecule has 0 unspecified atom stereocenters. The highest BCUT2D eigenvalue weighted by Gasteiger charge is 2.12. The Labute approximate surface area is 167 Å². The lowest BCUT2D eigenvalue weighted by Crippen LogP contribution is -2.06. The monoisotopic (exact) mass is 381 g/mol. The summed E-state index contributed by atoms with van der Waals surface area (Å²) in [5.41, 5.74) is 5.85. The Balaban J connectivity index is 1.82. The minimum Gasteiger partial charge on any atom is -0.497 e. The van der Waals surface area contributed by atoms with Crippen LogP contribution in [0.4, 0.5) is 5.69 Å². The Morgan fingerprint density at radius 1 is 0.966 bits per heavy atom. The molecule has 142 valence electrons. The van der Waals surface area contributed by atoms with Gasteiger partial charge in [0, 0.05) is 5.39 Å². The van der Waals surface area contributed by atoms with Crippen molar-refractivity contribution in [1.29, 1.82) is 0 Å². The van der Waals surface area contributed by atoms with E-state index in [1.54, 1.807) is 7.11 Å². The van der Waals surface area contributed by atoms with Gasteiger partial charge >= 0.3 is 0 Å². The third-order valence-corrected chi connectivity index (χ3v) is 4.94. The number of hydrogen-bond donors (Lipinski definition) is 1. The number of benzene rings is 3. The lowest BCUT2D eigenvalue weighted by molar-refractivity contribution is 0.415. The maximum atomic E-state index is 6.22. The molecule has 5 aromatic rings. The van der Waals surface area contributed by atoms with Gasteiger partial charge in [-0.1, -0.05) is 30.3 Å². The molecule has 0 radical (unpaired) electrons. The van der Waals surface area contributed by atoms with E-state index in [9.17, 15) is 0 Å². The molecule has 0 atom stereocenters. The Hall–Kier alpha value is -3.86. The Morgan fingerprint density at radius 3 is 2.62 bits per heavy atom. The van der Waals surface area contributed by atoms with Gasteiger partial charge in [0.15, 0.2) is 0 Å². The van der Waals surface area contributed by atoms with Gasteiger partial charge in [0.25, 0.3) is 0 Å². The maximum absolute atomic E-state index is 6.22. The zero-order valence-corrected chi connectivity index (χ0v) is 16.1. The molecule has 5 rings (SSSR count). The summed E-state index contributed by atoms with van der Waals surface area (Å²) in [6.45, 7) is 2.03. The molecule has 0 saturated carbocycles. The van der Waals surface area contributed by atoms with Gasteiger partial charge in [-0.05, 0) is 55.0 Å². The predicted molar refractivity (Wildman–Crippen MR) is 114 cm³/mol. The summed E-state index contributed by atoms with van der Waals surface area (Å²) in [5, 5.41) is 0.920. The molecule has 1 N–H and O–H groups in total. The standard InChI is InChI=1S/C24H19N3O2/c1-15-7-3-4-8-19(15)27-24-18(23-25-20-9-5-6-10-21(20)26-23)14-16-13-17(28-2)11-12-22(16)29-24/h3-14H,1-2H3,(H,25,26). The fourth-order valence-corrected chi connectivity index (χ4v) is 3.37. The number of rotatable bonds is 3. The van der Waals surface area contributed by atoms with Crippen molar-refractivity contribution >= 4 is 27.7 Å². The smallest absolute Gasteiger partial charge is 0.230 e. The molecule has 0 aliphatic carbocycles. The average molecular weight is 381 g/mol. The molecule has 2 heterocycles. The third kappa shape index (κ3) is 3.17. The molecular formula is C24H19N3O2. The van der Waals surface area contributed by atoms with E-state index < -0.39 is 0 Å². The normalized spacial score (nSPS) is 12.0. The van der Waals surface area contributed by atoms with E-state index in [1.165, 1.54) is 0 Å². The fraction of sp³-hybridized carbons (Fsp3) is 0.0833. The van der Waals surface area contributed by atoms with E-state index in [2.05, 4.69) is 4.98 Å². The van der Waals surface area contributed by atoms with Crippen LogP contribution in [0.25, 0.3) is 33.4 Å². The number of H-pyrrole nitrogens is 1. The van der Waals surface area contributed by atoms with Crippen LogP contribution in [0, 0.1) is 6.92 Å². The second-order valence-corrected chi connectivity index (χ2v) is 6.87. The molecule has 0 bridgehead atoms. The number of imidazole rings is 1. The topological polar surface area (TPSA) is 63.4 Å². The van der Waals surface area contributed by atoms with E-state index in [4.69, 9.17) is 19.1 Å². The van der Waals surface area contributed by atoms with Crippen LogP contribution in [0.15, 0.2) is 82.2 Å². The number of aryl methyl sites for hydroxylation is 1. The van der Waals surface area contributed by atoms with Crippen molar-refractivity contribution in [1.82, 2.24) is 9.97 Å². The number of hydrogen-bond acceptors (Lipinski definition) is 4. The summed E-state index contributed by atoms with van der Waals surface area (Å²) in [5.74, 6) is 1.49. The SMILES string of the molecule is COc1ccc2oc(=Nc3ccccc3C)c(-c3nc4ccccc4[nH]3)cc2c1. The zero-order valence-electron chi connectivity index (χ0n) is 16.1. The molecule has 0 amide bonds. The van der Waals surface area contributed by atoms with Crippen LogP contribution in [-0.4, -0.2) is 17.1 Å². The van der Waals surface area contributed by atoms with Crippen molar-refractivity contribution < 1.29 is 9.15 Å². The van der Waals surface area contributed by atoms with Gasteiger partial charge in [-0.15, -0.1) is 0 Å². The van der Waals surface area contributed by atoms with E-state index in [1.807, 2.05) is 79.7 Å². The van der Waals surface area contributed by atoms with Crippen LogP contribution >= 0.6 is 0 Å². The lowest BCUT2D eigenvalue weighted by atomic mass is 10.1. The van der Waals surface area contributed by atoms with Crippen molar-refractivity contribution in [2.75, 3.05) is 7.11 Å². The Morgan fingerprint density at radius 2 is 1.79 bits per heavy atom. The van der Waals surface area contributed by atoms with Crippen molar-refractivity contribution in [3.8, 4) is 17.1 Å². The van der Waals surface area contributed by atoms with E-state index in [0.29, 0.717) is 11.4 Å². The molecule has 0 saturated heterocycles. The van der Waals surface area contributed by atoms with Gasteiger partial charge in [0.05, 0.1) is 29.4 Å². The third-order valence-electron chi connectivity index (χ3n) is 4.94. The number of nitrogens with one attached hydrogen (secondary N) is 1. The van der Waals surface area contributed by atoms with Gasteiger partial charge in [-0.3, -0.25) is 0 Å². The first-order chi connectivity index (χ1) is 14.2. The number of ether oxygens (including phenoxy) is 1. The Bertz CT molecular complexity index is 1380. The molecule has 5 nitrogen and oxygen atoms in total. The van der Waals surface area contributed by atoms with Crippen LogP contribution in [0.1, 0.15) is 5.56 Å². The molecule has 2 aromatic heterocycles. The van der Waals surface area contributed by atoms with Crippen molar-refractivity contribution in [3.05, 3.63) is 83.9 Å². The van der Waals surface area contributed by atoms with Crippen molar-refractivity contribution in [2.24, 2.45) is 4.99 Å². The maximum Gasteiger partial charge on any atom is 0.230 e. The van der Waals surface area contributed by atoms with Crippen LogP contribution in [0.3, 0.4) is 0 Å². The minimum absolute atomic E-state index is 0.510. The summed E-state index contributed by atoms with van der Waals surface area (Å²) in [7, 11) is 1.65. The number of nitrogens with zero attached hydrogens (tertiary/aromatic N) is 2. The summed E-state index contributed by atoms with van der Waals surface area (Å²) in [4.78, 5) is 13.0. The van der Waals surface area contributed by atoms with Crippen molar-refractivity contribution in [2.45, 2.75) is 6.92 Å². The van der Waals surface area contributed by atoms with E-state index in [0.717, 1.165) is 44.6 Å². The molecule has 29 heavy (non-hydrogen) atoms. The molecule has 0 spiro atoms. The average Bonchev–Trinajstić information content (AvgIpc) is 3.18. The summed E-state index contributed by atoms with van der Waals surface area (Å²) in [6, 6.07) is 23.7. The first kappa shape index (κ1) is 17.3. The second kappa shape index (κ2) is 6.95. The van der Waals surface area contributed by atoms with Gasteiger partial charge < -0.3 is 14.1 Å². The number of aromatic nitrogens is 2. The summed E-state index contributed by atoms with van der Waals surface area (Å²) < 4.78 is 11.6. The highest BCUT2D eigenvalue weighted by atomic mass is 16.5. The first-order valence-corrected chi connectivity index (χ1v) is 9.39. The van der Waals surface area contributed by atoms with Crippen LogP contribution in [0.2, 0.25) is 0 Å². The number of fused-ring (bicyclic) bond motifs is 2. The molecule has 5 heteroatoms. The van der Waals surface area contributed by atoms with Crippen LogP contribution in [-0.2, 0) is 0 Å². The largest absolute Gasteiger partial charge is 0.497 e. The summed E-state index contributed by atoms with van der Waals surface area (Å²) in [6.07, 6.45) is 0. The van der Waals surface area contributed by atoms with Crippen LogP contribution in [0.5, 0.6) is 5.75 Å².